The average molecular weight is 286 g/mol. The van der Waals surface area contributed by atoms with Crippen LogP contribution < -0.4 is 0 Å². The molecule has 5 heteroatoms. The highest BCUT2D eigenvalue weighted by molar-refractivity contribution is 9.10. The molecule has 1 rings (SSSR count). The van der Waals surface area contributed by atoms with Gasteiger partial charge in [-0.15, -0.1) is 0 Å². The molecule has 0 saturated carbocycles. The zero-order chi connectivity index (χ0) is 10.0. The molecular weight excluding hydrogens is 282 g/mol. The maximum Gasteiger partial charge on any atom is 0.195 e. The van der Waals surface area contributed by atoms with E-state index < -0.39 is 12.5 Å². The highest BCUT2D eigenvalue weighted by atomic mass is 79.9. The van der Waals surface area contributed by atoms with Crippen LogP contribution in [-0.4, -0.2) is 12.5 Å². The number of hydrogen-bond donors (Lipinski definition) is 0. The molecule has 0 aliphatic rings. The quantitative estimate of drug-likeness (QED) is 0.595. The van der Waals surface area contributed by atoms with E-state index in [9.17, 15) is 9.18 Å². The fourth-order valence-electron chi connectivity index (χ4n) is 0.813. The smallest absolute Gasteiger partial charge is 0.195 e. The number of ketones is 1. The van der Waals surface area contributed by atoms with Gasteiger partial charge < -0.3 is 0 Å². The first kappa shape index (κ1) is 11.0. The molecule has 0 spiro atoms. The van der Waals surface area contributed by atoms with E-state index in [2.05, 4.69) is 15.9 Å². The number of Topliss-reactive ketones (excluding diaryl/α,β-unsaturated/α-hetero) is 1. The lowest BCUT2D eigenvalue weighted by Crippen LogP contribution is -2.01. The van der Waals surface area contributed by atoms with Crippen molar-refractivity contribution in [2.75, 3.05) is 6.67 Å². The van der Waals surface area contributed by atoms with Crippen molar-refractivity contribution < 1.29 is 9.18 Å². The molecule has 0 aliphatic carbocycles. The number of alkyl halides is 1. The van der Waals surface area contributed by atoms with Gasteiger partial charge in [-0.25, -0.2) is 4.39 Å². The third-order valence-electron chi connectivity index (χ3n) is 1.46. The van der Waals surface area contributed by atoms with Crippen molar-refractivity contribution in [1.82, 2.24) is 0 Å². The van der Waals surface area contributed by atoms with Crippen molar-refractivity contribution in [2.45, 2.75) is 0 Å². The van der Waals surface area contributed by atoms with Gasteiger partial charge in [-0.05, 0) is 28.1 Å². The van der Waals surface area contributed by atoms with E-state index in [1.165, 1.54) is 6.07 Å². The summed E-state index contributed by atoms with van der Waals surface area (Å²) in [6.45, 7) is -1.07. The van der Waals surface area contributed by atoms with Crippen molar-refractivity contribution in [3.8, 4) is 0 Å². The van der Waals surface area contributed by atoms with Crippen LogP contribution in [0, 0.1) is 0 Å². The monoisotopic (exact) mass is 284 g/mol. The van der Waals surface area contributed by atoms with Crippen molar-refractivity contribution in [2.24, 2.45) is 0 Å². The first-order valence-electron chi connectivity index (χ1n) is 3.30. The molecular formula is C8H4BrCl2FO. The molecule has 0 fully saturated rings. The largest absolute Gasteiger partial charge is 0.291 e. The Morgan fingerprint density at radius 3 is 2.54 bits per heavy atom. The summed E-state index contributed by atoms with van der Waals surface area (Å²) in [5, 5.41) is 0.305. The number of halogens is 4. The van der Waals surface area contributed by atoms with Crippen LogP contribution in [0.3, 0.4) is 0 Å². The summed E-state index contributed by atoms with van der Waals surface area (Å²) in [6, 6.07) is 2.98. The Labute approximate surface area is 93.0 Å². The Morgan fingerprint density at radius 2 is 2.00 bits per heavy atom. The Hall–Kier alpha value is -0.120. The van der Waals surface area contributed by atoms with Crippen LogP contribution in [0.15, 0.2) is 16.6 Å². The fourth-order valence-corrected chi connectivity index (χ4v) is 1.69. The summed E-state index contributed by atoms with van der Waals surface area (Å²) in [6.07, 6.45) is 0. The Balaban J connectivity index is 3.26. The molecule has 0 radical (unpaired) electrons. The van der Waals surface area contributed by atoms with Crippen molar-refractivity contribution in [3.63, 3.8) is 0 Å². The second kappa shape index (κ2) is 4.40. The van der Waals surface area contributed by atoms with Gasteiger partial charge in [0.05, 0.1) is 10.0 Å². The zero-order valence-electron chi connectivity index (χ0n) is 6.28. The molecule has 1 nitrogen and oxygen atoms in total. The minimum Gasteiger partial charge on any atom is -0.291 e. The Kier molecular flexibility index (Phi) is 3.71. The summed E-state index contributed by atoms with van der Waals surface area (Å²) in [5.41, 5.74) is 0.109. The number of rotatable bonds is 2. The molecule has 1 aromatic rings. The molecule has 0 amide bonds. The van der Waals surface area contributed by atoms with E-state index in [1.54, 1.807) is 6.07 Å². The zero-order valence-corrected chi connectivity index (χ0v) is 9.38. The molecule has 1 aromatic carbocycles. The normalized spacial score (nSPS) is 10.2. The molecule has 0 heterocycles. The van der Waals surface area contributed by atoms with Crippen LogP contribution in [0.1, 0.15) is 10.4 Å². The van der Waals surface area contributed by atoms with Gasteiger partial charge in [0.2, 0.25) is 0 Å². The molecule has 0 bridgehead atoms. The van der Waals surface area contributed by atoms with Gasteiger partial charge in [0.1, 0.15) is 0 Å². The lowest BCUT2D eigenvalue weighted by molar-refractivity contribution is 0.0959. The number of carbonyl (C=O) groups is 1. The predicted octanol–water partition coefficient (Wildman–Crippen LogP) is 3.91. The van der Waals surface area contributed by atoms with Crippen LogP contribution in [-0.2, 0) is 0 Å². The van der Waals surface area contributed by atoms with E-state index in [4.69, 9.17) is 23.2 Å². The molecule has 70 valence electrons. The van der Waals surface area contributed by atoms with Gasteiger partial charge in [0.15, 0.2) is 12.5 Å². The maximum atomic E-state index is 12.0. The van der Waals surface area contributed by atoms with Gasteiger partial charge in [0.25, 0.3) is 0 Å². The Morgan fingerprint density at radius 1 is 1.38 bits per heavy atom. The lowest BCUT2D eigenvalue weighted by atomic mass is 10.1. The summed E-state index contributed by atoms with van der Waals surface area (Å²) in [5.74, 6) is -0.667. The fraction of sp³-hybridized carbons (Fsp3) is 0.125. The van der Waals surface area contributed by atoms with E-state index >= 15 is 0 Å². The predicted molar refractivity (Wildman–Crippen MR) is 54.5 cm³/mol. The van der Waals surface area contributed by atoms with Crippen molar-refractivity contribution in [1.29, 1.82) is 0 Å². The van der Waals surface area contributed by atoms with Crippen molar-refractivity contribution in [3.05, 3.63) is 32.2 Å². The third kappa shape index (κ3) is 2.22. The van der Waals surface area contributed by atoms with Crippen molar-refractivity contribution >= 4 is 44.9 Å². The van der Waals surface area contributed by atoms with Crippen LogP contribution in [0.5, 0.6) is 0 Å². The second-order valence-corrected chi connectivity index (χ2v) is 3.89. The molecule has 0 saturated heterocycles. The molecule has 0 aliphatic heterocycles. The standard InChI is InChI=1S/C8H4BrCl2FO/c9-5-2-1-4(6(13)3-12)7(10)8(5)11/h1-2H,3H2. The SMILES string of the molecule is O=C(CF)c1ccc(Br)c(Cl)c1Cl. The highest BCUT2D eigenvalue weighted by Crippen LogP contribution is 2.33. The van der Waals surface area contributed by atoms with E-state index in [0.29, 0.717) is 4.47 Å². The van der Waals surface area contributed by atoms with Gasteiger partial charge in [-0.2, -0.15) is 0 Å². The van der Waals surface area contributed by atoms with E-state index in [1.807, 2.05) is 0 Å². The highest BCUT2D eigenvalue weighted by Gasteiger charge is 2.14. The van der Waals surface area contributed by atoms with Crippen LogP contribution in [0.2, 0.25) is 10.0 Å². The number of benzene rings is 1. The van der Waals surface area contributed by atoms with Gasteiger partial charge in [0, 0.05) is 10.0 Å². The molecule has 0 unspecified atom stereocenters. The summed E-state index contributed by atoms with van der Waals surface area (Å²) < 4.78 is 12.6. The summed E-state index contributed by atoms with van der Waals surface area (Å²) in [7, 11) is 0. The summed E-state index contributed by atoms with van der Waals surface area (Å²) in [4.78, 5) is 11.0. The van der Waals surface area contributed by atoms with Crippen LogP contribution >= 0.6 is 39.1 Å². The van der Waals surface area contributed by atoms with Gasteiger partial charge in [-0.3, -0.25) is 4.79 Å². The topological polar surface area (TPSA) is 17.1 Å². The maximum absolute atomic E-state index is 12.0. The van der Waals surface area contributed by atoms with Gasteiger partial charge in [-0.1, -0.05) is 23.2 Å². The average Bonchev–Trinajstić information content (AvgIpc) is 2.13. The lowest BCUT2D eigenvalue weighted by Gasteiger charge is -2.03. The third-order valence-corrected chi connectivity index (χ3v) is 3.23. The first-order chi connectivity index (χ1) is 6.07. The number of hydrogen-bond acceptors (Lipinski definition) is 1. The summed E-state index contributed by atoms with van der Waals surface area (Å²) >= 11 is 14.6. The second-order valence-electron chi connectivity index (χ2n) is 2.28. The van der Waals surface area contributed by atoms with Crippen LogP contribution in [0.25, 0.3) is 0 Å². The molecule has 0 aromatic heterocycles. The number of carbonyl (C=O) groups excluding carboxylic acids is 1. The molecule has 0 N–H and O–H groups in total. The van der Waals surface area contributed by atoms with E-state index in [-0.39, 0.29) is 15.6 Å². The van der Waals surface area contributed by atoms with E-state index in [0.717, 1.165) is 0 Å². The Bertz CT molecular complexity index is 354. The minimum atomic E-state index is -1.07. The van der Waals surface area contributed by atoms with Crippen LogP contribution in [0.4, 0.5) is 4.39 Å². The molecule has 13 heavy (non-hydrogen) atoms. The molecule has 0 atom stereocenters. The van der Waals surface area contributed by atoms with Gasteiger partial charge >= 0.3 is 0 Å². The first-order valence-corrected chi connectivity index (χ1v) is 4.85. The minimum absolute atomic E-state index is 0.0821.